The third-order valence-electron chi connectivity index (χ3n) is 3.50. The Morgan fingerprint density at radius 2 is 1.90 bits per heavy atom. The Bertz CT molecular complexity index is 934. The Morgan fingerprint density at radius 3 is 2.71 bits per heavy atom. The van der Waals surface area contributed by atoms with Crippen LogP contribution in [0.1, 0.15) is 12.0 Å². The molecule has 0 N–H and O–H groups in total. The van der Waals surface area contributed by atoms with Crippen molar-refractivity contribution in [3.63, 3.8) is 0 Å². The number of allylic oxidation sites excluding steroid dienone is 1. The number of ketones is 1. The largest absolute Gasteiger partial charge is 0.456 e. The van der Waals surface area contributed by atoms with Crippen LogP contribution in [0.4, 0.5) is 0 Å². The van der Waals surface area contributed by atoms with Gasteiger partial charge in [0.25, 0.3) is 0 Å². The molecule has 1 fully saturated rings. The molecule has 2 aromatic carbocycles. The molecule has 1 saturated heterocycles. The molecule has 0 radical (unpaired) electrons. The SMILES string of the molecule is O=C1CC(=S)S/C1=C\c1ccc2oc3ccccc3c2c1. The molecule has 3 aromatic rings. The van der Waals surface area contributed by atoms with Crippen molar-refractivity contribution in [1.29, 1.82) is 0 Å². The zero-order valence-electron chi connectivity index (χ0n) is 11.0. The van der Waals surface area contributed by atoms with Gasteiger partial charge in [0.2, 0.25) is 0 Å². The van der Waals surface area contributed by atoms with Gasteiger partial charge in [0.15, 0.2) is 5.78 Å². The maximum Gasteiger partial charge on any atom is 0.175 e. The molecule has 21 heavy (non-hydrogen) atoms. The number of thiocarbonyl (C=S) groups is 1. The summed E-state index contributed by atoms with van der Waals surface area (Å²) in [5.41, 5.74) is 2.73. The van der Waals surface area contributed by atoms with Gasteiger partial charge in [-0.1, -0.05) is 48.2 Å². The van der Waals surface area contributed by atoms with Crippen LogP contribution in [0, 0.1) is 0 Å². The number of hydrogen-bond acceptors (Lipinski definition) is 4. The second-order valence-corrected chi connectivity index (χ2v) is 6.82. The highest BCUT2D eigenvalue weighted by Gasteiger charge is 2.22. The van der Waals surface area contributed by atoms with E-state index in [4.69, 9.17) is 16.6 Å². The summed E-state index contributed by atoms with van der Waals surface area (Å²) < 4.78 is 6.55. The average molecular weight is 310 g/mol. The van der Waals surface area contributed by atoms with Gasteiger partial charge in [-0.15, -0.1) is 0 Å². The van der Waals surface area contributed by atoms with Crippen LogP contribution >= 0.6 is 24.0 Å². The molecular formula is C17H10O2S2. The number of benzene rings is 2. The highest BCUT2D eigenvalue weighted by atomic mass is 32.2. The summed E-state index contributed by atoms with van der Waals surface area (Å²) in [5, 5.41) is 2.16. The van der Waals surface area contributed by atoms with Crippen molar-refractivity contribution in [3.8, 4) is 0 Å². The fourth-order valence-electron chi connectivity index (χ4n) is 2.53. The van der Waals surface area contributed by atoms with Gasteiger partial charge < -0.3 is 4.42 Å². The topological polar surface area (TPSA) is 30.2 Å². The minimum absolute atomic E-state index is 0.113. The molecule has 4 heteroatoms. The van der Waals surface area contributed by atoms with E-state index in [1.807, 2.05) is 42.5 Å². The van der Waals surface area contributed by atoms with Crippen LogP contribution in [0.15, 0.2) is 51.8 Å². The van der Waals surface area contributed by atoms with Crippen molar-refractivity contribution in [3.05, 3.63) is 52.9 Å². The van der Waals surface area contributed by atoms with Gasteiger partial charge in [0.1, 0.15) is 11.2 Å². The van der Waals surface area contributed by atoms with Crippen molar-refractivity contribution in [2.45, 2.75) is 6.42 Å². The number of rotatable bonds is 1. The Morgan fingerprint density at radius 1 is 1.10 bits per heavy atom. The van der Waals surface area contributed by atoms with E-state index in [0.29, 0.717) is 6.42 Å². The molecule has 4 rings (SSSR count). The minimum Gasteiger partial charge on any atom is -0.456 e. The Balaban J connectivity index is 1.87. The number of hydrogen-bond donors (Lipinski definition) is 0. The lowest BCUT2D eigenvalue weighted by molar-refractivity contribution is -0.113. The highest BCUT2D eigenvalue weighted by Crippen LogP contribution is 2.34. The van der Waals surface area contributed by atoms with Gasteiger partial charge >= 0.3 is 0 Å². The Labute approximate surface area is 130 Å². The minimum atomic E-state index is 0.113. The van der Waals surface area contributed by atoms with Crippen molar-refractivity contribution >= 4 is 62.0 Å². The maximum atomic E-state index is 11.8. The number of fused-ring (bicyclic) bond motifs is 3. The van der Waals surface area contributed by atoms with E-state index in [2.05, 4.69) is 6.07 Å². The first-order valence-corrected chi connectivity index (χ1v) is 7.80. The van der Waals surface area contributed by atoms with Gasteiger partial charge in [0.05, 0.1) is 15.5 Å². The van der Waals surface area contributed by atoms with E-state index in [1.165, 1.54) is 11.8 Å². The Hall–Kier alpha value is -1.91. The van der Waals surface area contributed by atoms with Gasteiger partial charge in [0, 0.05) is 10.8 Å². The predicted octanol–water partition coefficient (Wildman–Crippen LogP) is 4.96. The van der Waals surface area contributed by atoms with E-state index in [1.54, 1.807) is 0 Å². The van der Waals surface area contributed by atoms with E-state index < -0.39 is 0 Å². The summed E-state index contributed by atoms with van der Waals surface area (Å²) in [6, 6.07) is 13.9. The third kappa shape index (κ3) is 2.20. The summed E-state index contributed by atoms with van der Waals surface area (Å²) >= 11 is 6.50. The molecule has 0 saturated carbocycles. The van der Waals surface area contributed by atoms with Crippen LogP contribution in [-0.4, -0.2) is 9.98 Å². The molecule has 0 bridgehead atoms. The standard InChI is InChI=1S/C17H10O2S2/c18-13-9-17(20)21-16(13)8-10-5-6-15-12(7-10)11-3-1-2-4-14(11)19-15/h1-8H,9H2/b16-8-. The number of para-hydroxylation sites is 1. The monoisotopic (exact) mass is 310 g/mol. The molecule has 102 valence electrons. The van der Waals surface area contributed by atoms with Crippen LogP contribution in [0.3, 0.4) is 0 Å². The molecule has 0 aliphatic carbocycles. The molecule has 0 unspecified atom stereocenters. The lowest BCUT2D eigenvalue weighted by Gasteiger charge is -1.96. The van der Waals surface area contributed by atoms with Crippen molar-refractivity contribution in [2.24, 2.45) is 0 Å². The first-order valence-electron chi connectivity index (χ1n) is 6.57. The molecule has 2 nitrogen and oxygen atoms in total. The van der Waals surface area contributed by atoms with Crippen molar-refractivity contribution in [1.82, 2.24) is 0 Å². The summed E-state index contributed by atoms with van der Waals surface area (Å²) in [6.07, 6.45) is 2.29. The molecule has 1 aromatic heterocycles. The van der Waals surface area contributed by atoms with E-state index in [0.717, 1.165) is 36.6 Å². The lowest BCUT2D eigenvalue weighted by atomic mass is 10.1. The smallest absolute Gasteiger partial charge is 0.175 e. The molecule has 1 aliphatic heterocycles. The van der Waals surface area contributed by atoms with Crippen LogP contribution in [0.25, 0.3) is 28.0 Å². The first kappa shape index (κ1) is 12.8. The maximum absolute atomic E-state index is 11.8. The second kappa shape index (κ2) is 4.83. The lowest BCUT2D eigenvalue weighted by Crippen LogP contribution is -1.90. The van der Waals surface area contributed by atoms with Gasteiger partial charge in [-0.2, -0.15) is 0 Å². The number of thioether (sulfide) groups is 1. The fraction of sp³-hybridized carbons (Fsp3) is 0.0588. The number of carbonyl (C=O) groups is 1. The fourth-order valence-corrected chi connectivity index (χ4v) is 3.76. The van der Waals surface area contributed by atoms with Crippen LogP contribution < -0.4 is 0 Å². The number of furan rings is 1. The van der Waals surface area contributed by atoms with Crippen LogP contribution in [0.5, 0.6) is 0 Å². The van der Waals surface area contributed by atoms with Crippen molar-refractivity contribution < 1.29 is 9.21 Å². The van der Waals surface area contributed by atoms with E-state index in [9.17, 15) is 4.79 Å². The molecule has 2 heterocycles. The van der Waals surface area contributed by atoms with Gasteiger partial charge in [-0.3, -0.25) is 4.79 Å². The van der Waals surface area contributed by atoms with Crippen LogP contribution in [-0.2, 0) is 4.79 Å². The second-order valence-electron chi connectivity index (χ2n) is 4.94. The first-order chi connectivity index (χ1) is 10.2. The number of carbonyl (C=O) groups excluding carboxylic acids is 1. The summed E-state index contributed by atoms with van der Waals surface area (Å²) in [6.45, 7) is 0. The summed E-state index contributed by atoms with van der Waals surface area (Å²) in [5.74, 6) is 0.113. The van der Waals surface area contributed by atoms with Gasteiger partial charge in [-0.25, -0.2) is 0 Å². The highest BCUT2D eigenvalue weighted by molar-refractivity contribution is 8.27. The van der Waals surface area contributed by atoms with E-state index in [-0.39, 0.29) is 5.78 Å². The molecule has 1 aliphatic rings. The van der Waals surface area contributed by atoms with Gasteiger partial charge in [-0.05, 0) is 29.8 Å². The number of Topliss-reactive ketones (excluding diaryl/α,β-unsaturated/α-hetero) is 1. The zero-order valence-corrected chi connectivity index (χ0v) is 12.6. The summed E-state index contributed by atoms with van der Waals surface area (Å²) in [7, 11) is 0. The van der Waals surface area contributed by atoms with Crippen molar-refractivity contribution in [2.75, 3.05) is 0 Å². The predicted molar refractivity (Wildman–Crippen MR) is 91.5 cm³/mol. The Kier molecular flexibility index (Phi) is 2.94. The quantitative estimate of drug-likeness (QED) is 0.469. The molecular weight excluding hydrogens is 300 g/mol. The van der Waals surface area contributed by atoms with Crippen LogP contribution in [0.2, 0.25) is 0 Å². The molecule has 0 atom stereocenters. The zero-order chi connectivity index (χ0) is 14.4. The summed E-state index contributed by atoms with van der Waals surface area (Å²) in [4.78, 5) is 12.5. The molecule has 0 amide bonds. The van der Waals surface area contributed by atoms with E-state index >= 15 is 0 Å². The normalized spacial score (nSPS) is 17.4. The average Bonchev–Trinajstić information content (AvgIpc) is 2.99. The third-order valence-corrected chi connectivity index (χ3v) is 4.83. The molecule has 0 spiro atoms.